The van der Waals surface area contributed by atoms with E-state index in [0.717, 1.165) is 50.3 Å². The fraction of sp³-hybridized carbons (Fsp3) is 0.500. The van der Waals surface area contributed by atoms with Crippen molar-refractivity contribution >= 4 is 11.9 Å². The Balaban J connectivity index is 0.000000333. The molecule has 1 aromatic carbocycles. The monoisotopic (exact) mass is 580 g/mol. The lowest BCUT2D eigenvalue weighted by Crippen LogP contribution is -2.34. The molecule has 4 rings (SSSR count). The van der Waals surface area contributed by atoms with E-state index in [1.54, 1.807) is 0 Å². The van der Waals surface area contributed by atoms with E-state index in [2.05, 4.69) is 40.2 Å². The molecule has 1 aromatic heterocycles. The predicted octanol–water partition coefficient (Wildman–Crippen LogP) is 4.65. The number of benzene rings is 1. The van der Waals surface area contributed by atoms with Crippen molar-refractivity contribution in [1.29, 1.82) is 0 Å². The van der Waals surface area contributed by atoms with Gasteiger partial charge in [0.05, 0.1) is 30.6 Å². The number of hydrogen-bond donors (Lipinski definition) is 2. The summed E-state index contributed by atoms with van der Waals surface area (Å²) in [6.07, 6.45) is -6.76. The first-order valence-electron chi connectivity index (χ1n) is 12.1. The molecule has 2 N–H and O–H groups in total. The molecule has 222 valence electrons. The molecule has 0 unspecified atom stereocenters. The molecule has 2 saturated heterocycles. The van der Waals surface area contributed by atoms with Gasteiger partial charge in [-0.15, -0.1) is 0 Å². The standard InChI is InChI=1S/C22H28N2O2.2C2HF3O2/c1-18-6-5-9-20(23-18)15-25-21-14-22(26-16-21)11-13-24(17-22)12-10-19-7-3-2-4-8-19;2*3-2(4,5)1(6)7/h2-9,21H,10-17H2,1H3;2*(H,6,7)/t21-,22+;;/m1../s1. The Morgan fingerprint density at radius 3 is 2.17 bits per heavy atom. The number of nitrogens with zero attached hydrogens (tertiary/aromatic N) is 2. The van der Waals surface area contributed by atoms with E-state index in [9.17, 15) is 26.3 Å². The Hall–Kier alpha value is -3.23. The van der Waals surface area contributed by atoms with Crippen LogP contribution in [-0.4, -0.2) is 82.3 Å². The largest absolute Gasteiger partial charge is 0.490 e. The van der Waals surface area contributed by atoms with Gasteiger partial charge in [-0.1, -0.05) is 36.4 Å². The summed E-state index contributed by atoms with van der Waals surface area (Å²) >= 11 is 0. The number of aliphatic carboxylic acids is 2. The lowest BCUT2D eigenvalue weighted by atomic mass is 9.98. The molecule has 40 heavy (non-hydrogen) atoms. The van der Waals surface area contributed by atoms with Gasteiger partial charge in [-0.2, -0.15) is 26.3 Å². The number of carbonyl (C=O) groups is 2. The van der Waals surface area contributed by atoms with Crippen LogP contribution in [-0.2, 0) is 32.1 Å². The van der Waals surface area contributed by atoms with Gasteiger partial charge in [0, 0.05) is 31.7 Å². The smallest absolute Gasteiger partial charge is 0.475 e. The van der Waals surface area contributed by atoms with Gasteiger partial charge in [0.25, 0.3) is 0 Å². The highest BCUT2D eigenvalue weighted by Crippen LogP contribution is 2.36. The van der Waals surface area contributed by atoms with Crippen molar-refractivity contribution in [3.63, 3.8) is 0 Å². The van der Waals surface area contributed by atoms with Gasteiger partial charge in [-0.3, -0.25) is 4.98 Å². The Morgan fingerprint density at radius 1 is 1.02 bits per heavy atom. The number of ether oxygens (including phenoxy) is 2. The zero-order valence-corrected chi connectivity index (χ0v) is 21.5. The number of halogens is 6. The summed E-state index contributed by atoms with van der Waals surface area (Å²) in [6, 6.07) is 16.8. The molecule has 0 aliphatic carbocycles. The second-order valence-corrected chi connectivity index (χ2v) is 9.27. The van der Waals surface area contributed by atoms with Crippen LogP contribution in [0.4, 0.5) is 26.3 Å². The highest BCUT2D eigenvalue weighted by molar-refractivity contribution is 5.73. The predicted molar refractivity (Wildman–Crippen MR) is 129 cm³/mol. The quantitative estimate of drug-likeness (QED) is 0.476. The molecule has 2 fully saturated rings. The van der Waals surface area contributed by atoms with Crippen molar-refractivity contribution in [2.75, 3.05) is 26.2 Å². The van der Waals surface area contributed by atoms with Crippen LogP contribution in [0.1, 0.15) is 29.8 Å². The minimum Gasteiger partial charge on any atom is -0.475 e. The van der Waals surface area contributed by atoms with Crippen LogP contribution < -0.4 is 0 Å². The zero-order valence-electron chi connectivity index (χ0n) is 21.5. The molecule has 3 heterocycles. The van der Waals surface area contributed by atoms with Crippen LogP contribution in [0.15, 0.2) is 48.5 Å². The van der Waals surface area contributed by atoms with E-state index in [4.69, 9.17) is 29.3 Å². The fourth-order valence-electron chi connectivity index (χ4n) is 4.13. The number of rotatable bonds is 6. The number of carboxylic acid groups (broad SMARTS) is 2. The lowest BCUT2D eigenvalue weighted by Gasteiger charge is -2.23. The van der Waals surface area contributed by atoms with Crippen LogP contribution in [0.3, 0.4) is 0 Å². The highest BCUT2D eigenvalue weighted by Gasteiger charge is 2.45. The van der Waals surface area contributed by atoms with E-state index in [0.29, 0.717) is 13.2 Å². The third kappa shape index (κ3) is 11.5. The van der Waals surface area contributed by atoms with Crippen LogP contribution in [0.2, 0.25) is 0 Å². The van der Waals surface area contributed by atoms with Crippen molar-refractivity contribution in [2.45, 2.75) is 56.9 Å². The number of aromatic nitrogens is 1. The fourth-order valence-corrected chi connectivity index (χ4v) is 4.13. The Morgan fingerprint density at radius 2 is 1.62 bits per heavy atom. The molecule has 0 amide bonds. The van der Waals surface area contributed by atoms with Gasteiger partial charge in [-0.25, -0.2) is 9.59 Å². The number of aryl methyl sites for hydroxylation is 1. The van der Waals surface area contributed by atoms with Gasteiger partial charge in [0.15, 0.2) is 0 Å². The minimum absolute atomic E-state index is 0.00138. The summed E-state index contributed by atoms with van der Waals surface area (Å²) in [4.78, 5) is 24.8. The Kier molecular flexibility index (Phi) is 11.9. The number of pyridine rings is 1. The molecule has 14 heteroatoms. The molecule has 2 atom stereocenters. The molecule has 8 nitrogen and oxygen atoms in total. The Bertz CT molecular complexity index is 1080. The van der Waals surface area contributed by atoms with Crippen LogP contribution >= 0.6 is 0 Å². The molecular weight excluding hydrogens is 550 g/mol. The first-order chi connectivity index (χ1) is 18.6. The molecule has 1 spiro atoms. The van der Waals surface area contributed by atoms with E-state index in [1.165, 1.54) is 5.56 Å². The average molecular weight is 581 g/mol. The maximum Gasteiger partial charge on any atom is 0.490 e. The molecule has 0 saturated carbocycles. The molecule has 0 radical (unpaired) electrons. The van der Waals surface area contributed by atoms with E-state index >= 15 is 0 Å². The number of hydrogen-bond acceptors (Lipinski definition) is 6. The first kappa shape index (κ1) is 33.0. The maximum absolute atomic E-state index is 10.6. The van der Waals surface area contributed by atoms with E-state index in [-0.39, 0.29) is 11.7 Å². The molecule has 2 aliphatic heterocycles. The van der Waals surface area contributed by atoms with Crippen LogP contribution in [0.25, 0.3) is 0 Å². The van der Waals surface area contributed by atoms with Crippen molar-refractivity contribution in [2.24, 2.45) is 0 Å². The normalized spacial score (nSPS) is 20.8. The average Bonchev–Trinajstić information content (AvgIpc) is 3.47. The highest BCUT2D eigenvalue weighted by atomic mass is 19.4. The summed E-state index contributed by atoms with van der Waals surface area (Å²) in [5.74, 6) is -5.51. The van der Waals surface area contributed by atoms with Crippen molar-refractivity contribution in [1.82, 2.24) is 9.88 Å². The van der Waals surface area contributed by atoms with Gasteiger partial charge < -0.3 is 24.6 Å². The maximum atomic E-state index is 10.6. The SMILES string of the molecule is Cc1cccc(CO[C@H]2CO[C@@]3(CCN(CCc4ccccc4)C3)C2)n1.O=C(O)C(F)(F)F.O=C(O)C(F)(F)F. The molecule has 2 aromatic rings. The van der Waals surface area contributed by atoms with Crippen LogP contribution in [0.5, 0.6) is 0 Å². The summed E-state index contributed by atoms with van der Waals surface area (Å²) in [7, 11) is 0. The second kappa shape index (κ2) is 14.4. The van der Waals surface area contributed by atoms with Crippen molar-refractivity contribution in [3.8, 4) is 0 Å². The minimum atomic E-state index is -5.08. The van der Waals surface area contributed by atoms with Gasteiger partial charge in [-0.05, 0) is 37.5 Å². The molecular formula is C26H30F6N2O6. The first-order valence-corrected chi connectivity index (χ1v) is 12.1. The third-order valence-corrected chi connectivity index (χ3v) is 6.03. The molecule has 2 aliphatic rings. The lowest BCUT2D eigenvalue weighted by molar-refractivity contribution is -0.193. The second-order valence-electron chi connectivity index (χ2n) is 9.27. The van der Waals surface area contributed by atoms with E-state index < -0.39 is 24.3 Å². The summed E-state index contributed by atoms with van der Waals surface area (Å²) in [5, 5.41) is 14.2. The molecule has 0 bridgehead atoms. The van der Waals surface area contributed by atoms with Crippen molar-refractivity contribution < 1.29 is 55.6 Å². The summed E-state index contributed by atoms with van der Waals surface area (Å²) in [6.45, 7) is 6.55. The van der Waals surface area contributed by atoms with Crippen LogP contribution in [0, 0.1) is 6.92 Å². The third-order valence-electron chi connectivity index (χ3n) is 6.03. The zero-order chi connectivity index (χ0) is 30.0. The van der Waals surface area contributed by atoms with Gasteiger partial charge in [0.1, 0.15) is 0 Å². The topological polar surface area (TPSA) is 109 Å². The summed E-state index contributed by atoms with van der Waals surface area (Å²) < 4.78 is 75.8. The van der Waals surface area contributed by atoms with Gasteiger partial charge >= 0.3 is 24.3 Å². The number of carboxylic acids is 2. The van der Waals surface area contributed by atoms with Gasteiger partial charge in [0.2, 0.25) is 0 Å². The summed E-state index contributed by atoms with van der Waals surface area (Å²) in [5.41, 5.74) is 3.45. The number of likely N-dealkylation sites (tertiary alicyclic amines) is 1. The Labute approximate surface area is 226 Å². The van der Waals surface area contributed by atoms with E-state index in [1.807, 2.05) is 25.1 Å². The van der Waals surface area contributed by atoms with Crippen molar-refractivity contribution in [3.05, 3.63) is 65.5 Å². The number of alkyl halides is 6.